The Labute approximate surface area is 193 Å². The van der Waals surface area contributed by atoms with Gasteiger partial charge in [0, 0.05) is 29.5 Å². The second-order valence-electron chi connectivity index (χ2n) is 7.23. The van der Waals surface area contributed by atoms with E-state index in [0.717, 1.165) is 16.9 Å². The number of rotatable bonds is 9. The van der Waals surface area contributed by atoms with Gasteiger partial charge in [-0.1, -0.05) is 41.9 Å². The number of ether oxygens (including phenoxy) is 1. The van der Waals surface area contributed by atoms with E-state index in [2.05, 4.69) is 10.6 Å². The summed E-state index contributed by atoms with van der Waals surface area (Å²) in [5.41, 5.74) is 2.59. The molecule has 2 N–H and O–H groups in total. The molecule has 0 fully saturated rings. The van der Waals surface area contributed by atoms with Crippen molar-refractivity contribution in [3.63, 3.8) is 0 Å². The first-order chi connectivity index (χ1) is 15.5. The van der Waals surface area contributed by atoms with Crippen molar-refractivity contribution < 1.29 is 14.3 Å². The smallest absolute Gasteiger partial charge is 0.326 e. The number of benzene rings is 3. The number of hydrogen-bond donors (Lipinski definition) is 2. The Bertz CT molecular complexity index is 1030. The fourth-order valence-corrected chi connectivity index (χ4v) is 3.19. The maximum absolute atomic E-state index is 12.9. The molecule has 0 saturated carbocycles. The van der Waals surface area contributed by atoms with Crippen LogP contribution >= 0.6 is 11.6 Å². The Hall–Kier alpha value is -3.51. The second-order valence-corrected chi connectivity index (χ2v) is 7.67. The van der Waals surface area contributed by atoms with Crippen LogP contribution in [0.15, 0.2) is 78.9 Å². The minimum atomic E-state index is -0.226. The molecule has 3 aromatic rings. The number of nitrogens with one attached hydrogen (secondary N) is 2. The van der Waals surface area contributed by atoms with Gasteiger partial charge in [0.2, 0.25) is 0 Å². The average molecular weight is 452 g/mol. The number of urea groups is 1. The molecule has 3 rings (SSSR count). The molecule has 0 atom stereocenters. The van der Waals surface area contributed by atoms with Crippen LogP contribution in [0, 0.1) is 6.92 Å². The van der Waals surface area contributed by atoms with Crippen LogP contribution in [0.3, 0.4) is 0 Å². The number of aryl methyl sites for hydroxylation is 1. The molecule has 3 amide bonds. The highest BCUT2D eigenvalue weighted by molar-refractivity contribution is 6.30. The number of anilines is 2. The van der Waals surface area contributed by atoms with Gasteiger partial charge in [-0.15, -0.1) is 0 Å². The normalized spacial score (nSPS) is 10.3. The van der Waals surface area contributed by atoms with Crippen molar-refractivity contribution in [3.05, 3.63) is 89.4 Å². The molecule has 0 saturated heterocycles. The molecule has 3 aromatic carbocycles. The second kappa shape index (κ2) is 11.8. The van der Waals surface area contributed by atoms with Gasteiger partial charge in [-0.25, -0.2) is 4.79 Å². The molecule has 0 unspecified atom stereocenters. The van der Waals surface area contributed by atoms with E-state index in [9.17, 15) is 9.59 Å². The van der Waals surface area contributed by atoms with E-state index >= 15 is 0 Å². The van der Waals surface area contributed by atoms with Gasteiger partial charge in [-0.3, -0.25) is 9.69 Å². The van der Waals surface area contributed by atoms with Crippen molar-refractivity contribution in [2.24, 2.45) is 0 Å². The molecular weight excluding hydrogens is 426 g/mol. The zero-order valence-electron chi connectivity index (χ0n) is 17.9. The zero-order valence-corrected chi connectivity index (χ0v) is 18.6. The lowest BCUT2D eigenvalue weighted by atomic mass is 10.2. The number of halogens is 1. The molecule has 0 radical (unpaired) electrons. The number of para-hydroxylation sites is 1. The molecule has 7 heteroatoms. The number of carbonyl (C=O) groups is 2. The van der Waals surface area contributed by atoms with Crippen LogP contribution in [0.25, 0.3) is 0 Å². The molecule has 0 spiro atoms. The van der Waals surface area contributed by atoms with E-state index in [0.29, 0.717) is 30.3 Å². The number of nitrogens with zero attached hydrogens (tertiary/aromatic N) is 1. The molecule has 0 aliphatic carbocycles. The summed E-state index contributed by atoms with van der Waals surface area (Å²) in [5, 5.41) is 6.37. The van der Waals surface area contributed by atoms with Gasteiger partial charge in [0.25, 0.3) is 5.91 Å². The molecule has 166 valence electrons. The van der Waals surface area contributed by atoms with Crippen molar-refractivity contribution in [1.82, 2.24) is 5.32 Å². The monoisotopic (exact) mass is 451 g/mol. The topological polar surface area (TPSA) is 70.7 Å². The van der Waals surface area contributed by atoms with Crippen LogP contribution < -0.4 is 20.3 Å². The summed E-state index contributed by atoms with van der Waals surface area (Å²) in [6, 6.07) is 23.7. The molecule has 32 heavy (non-hydrogen) atoms. The van der Waals surface area contributed by atoms with Crippen molar-refractivity contribution in [3.8, 4) is 5.75 Å². The van der Waals surface area contributed by atoms with Crippen LogP contribution in [0.4, 0.5) is 16.2 Å². The van der Waals surface area contributed by atoms with Crippen LogP contribution in [0.1, 0.15) is 12.0 Å². The highest BCUT2D eigenvalue weighted by Crippen LogP contribution is 2.17. The lowest BCUT2D eigenvalue weighted by Crippen LogP contribution is -2.38. The quantitative estimate of drug-likeness (QED) is 0.435. The standard InChI is InChI=1S/C25H26ClN3O3/c1-19-7-5-8-21(17-19)28-25(31)29(22-9-3-2-4-10-22)16-6-15-27-24(30)18-32-23-13-11-20(26)12-14-23/h2-5,7-14,17H,6,15-16,18H2,1H3,(H,27,30)(H,28,31). The third-order valence-electron chi connectivity index (χ3n) is 4.65. The number of carbonyl (C=O) groups excluding carboxylic acids is 2. The minimum Gasteiger partial charge on any atom is -0.484 e. The third-order valence-corrected chi connectivity index (χ3v) is 4.90. The highest BCUT2D eigenvalue weighted by Gasteiger charge is 2.15. The predicted octanol–water partition coefficient (Wildman–Crippen LogP) is 5.27. The van der Waals surface area contributed by atoms with E-state index < -0.39 is 0 Å². The van der Waals surface area contributed by atoms with Crippen molar-refractivity contribution >= 4 is 34.9 Å². The maximum atomic E-state index is 12.9. The maximum Gasteiger partial charge on any atom is 0.326 e. The van der Waals surface area contributed by atoms with E-state index in [1.165, 1.54) is 0 Å². The van der Waals surface area contributed by atoms with Gasteiger partial charge in [-0.2, -0.15) is 0 Å². The summed E-state index contributed by atoms with van der Waals surface area (Å²) >= 11 is 5.84. The third kappa shape index (κ3) is 7.32. The van der Waals surface area contributed by atoms with Gasteiger partial charge >= 0.3 is 6.03 Å². The van der Waals surface area contributed by atoms with Gasteiger partial charge in [0.1, 0.15) is 5.75 Å². The van der Waals surface area contributed by atoms with Gasteiger partial charge in [0.05, 0.1) is 0 Å². The van der Waals surface area contributed by atoms with Crippen LogP contribution in [-0.4, -0.2) is 31.6 Å². The molecule has 0 heterocycles. The van der Waals surface area contributed by atoms with Crippen molar-refractivity contribution in [2.75, 3.05) is 29.9 Å². The van der Waals surface area contributed by atoms with Gasteiger partial charge in [0.15, 0.2) is 6.61 Å². The Balaban J connectivity index is 1.50. The summed E-state index contributed by atoms with van der Waals surface area (Å²) < 4.78 is 5.44. The van der Waals surface area contributed by atoms with Gasteiger partial charge in [-0.05, 0) is 67.4 Å². The Morgan fingerprint density at radius 1 is 0.969 bits per heavy atom. The Morgan fingerprint density at radius 2 is 1.72 bits per heavy atom. The summed E-state index contributed by atoms with van der Waals surface area (Å²) in [4.78, 5) is 26.6. The Morgan fingerprint density at radius 3 is 2.44 bits per heavy atom. The van der Waals surface area contributed by atoms with Crippen molar-refractivity contribution in [2.45, 2.75) is 13.3 Å². The highest BCUT2D eigenvalue weighted by atomic mass is 35.5. The summed E-state index contributed by atoms with van der Waals surface area (Å²) in [7, 11) is 0. The minimum absolute atomic E-state index is 0.0854. The molecule has 0 aromatic heterocycles. The first-order valence-corrected chi connectivity index (χ1v) is 10.7. The molecular formula is C25H26ClN3O3. The summed E-state index contributed by atoms with van der Waals surface area (Å²) in [6.07, 6.45) is 0.586. The first kappa shape index (κ1) is 23.2. The van der Waals surface area contributed by atoms with Crippen LogP contribution in [0.2, 0.25) is 5.02 Å². The lowest BCUT2D eigenvalue weighted by molar-refractivity contribution is -0.123. The molecule has 0 aliphatic rings. The largest absolute Gasteiger partial charge is 0.484 e. The van der Waals surface area contributed by atoms with E-state index in [1.807, 2.05) is 61.5 Å². The number of amides is 3. The van der Waals surface area contributed by atoms with E-state index in [1.54, 1.807) is 29.2 Å². The van der Waals surface area contributed by atoms with Gasteiger partial charge < -0.3 is 15.4 Å². The number of hydrogen-bond acceptors (Lipinski definition) is 3. The van der Waals surface area contributed by atoms with Crippen LogP contribution in [0.5, 0.6) is 5.75 Å². The van der Waals surface area contributed by atoms with E-state index in [4.69, 9.17) is 16.3 Å². The van der Waals surface area contributed by atoms with Crippen LogP contribution in [-0.2, 0) is 4.79 Å². The fraction of sp³-hybridized carbons (Fsp3) is 0.200. The Kier molecular flexibility index (Phi) is 8.52. The van der Waals surface area contributed by atoms with E-state index in [-0.39, 0.29) is 18.5 Å². The SMILES string of the molecule is Cc1cccc(NC(=O)N(CCCNC(=O)COc2ccc(Cl)cc2)c2ccccc2)c1. The predicted molar refractivity (Wildman–Crippen MR) is 129 cm³/mol. The van der Waals surface area contributed by atoms with Crippen molar-refractivity contribution in [1.29, 1.82) is 0 Å². The lowest BCUT2D eigenvalue weighted by Gasteiger charge is -2.23. The first-order valence-electron chi connectivity index (χ1n) is 10.4. The zero-order chi connectivity index (χ0) is 22.8. The average Bonchev–Trinajstić information content (AvgIpc) is 2.79. The molecule has 0 aliphatic heterocycles. The molecule has 0 bridgehead atoms. The summed E-state index contributed by atoms with van der Waals surface area (Å²) in [5.74, 6) is 0.350. The summed E-state index contributed by atoms with van der Waals surface area (Å²) in [6.45, 7) is 2.76. The molecule has 6 nitrogen and oxygen atoms in total. The fourth-order valence-electron chi connectivity index (χ4n) is 3.07.